The van der Waals surface area contributed by atoms with Crippen molar-refractivity contribution in [3.05, 3.63) is 29.6 Å². The fourth-order valence-electron chi connectivity index (χ4n) is 1.73. The van der Waals surface area contributed by atoms with Gasteiger partial charge in [-0.15, -0.1) is 0 Å². The zero-order valence-electron chi connectivity index (χ0n) is 10.2. The molecule has 1 rings (SSSR count). The quantitative estimate of drug-likeness (QED) is 0.831. The Hall–Kier alpha value is -1.38. The van der Waals surface area contributed by atoms with Crippen molar-refractivity contribution in [2.45, 2.75) is 40.0 Å². The second-order valence-corrected chi connectivity index (χ2v) is 4.92. The fraction of sp³-hybridized carbons (Fsp3) is 0.538. The topological polar surface area (TPSA) is 50.2 Å². The number of hydrogen-bond donors (Lipinski definition) is 1. The maximum absolute atomic E-state index is 10.7. The summed E-state index contributed by atoms with van der Waals surface area (Å²) >= 11 is 0. The van der Waals surface area contributed by atoms with E-state index in [1.54, 1.807) is 0 Å². The molecule has 0 bridgehead atoms. The van der Waals surface area contributed by atoms with Crippen molar-refractivity contribution in [1.82, 2.24) is 4.98 Å². The van der Waals surface area contributed by atoms with Gasteiger partial charge < -0.3 is 5.11 Å². The first-order valence-electron chi connectivity index (χ1n) is 5.58. The highest BCUT2D eigenvalue weighted by molar-refractivity contribution is 5.67. The molecule has 1 aromatic heterocycles. The number of pyridine rings is 1. The molecule has 0 spiro atoms. The summed E-state index contributed by atoms with van der Waals surface area (Å²) in [6, 6.07) is 4.04. The van der Waals surface area contributed by atoms with Gasteiger partial charge in [-0.25, -0.2) is 0 Å². The predicted molar refractivity (Wildman–Crippen MR) is 63.4 cm³/mol. The first-order chi connectivity index (χ1) is 7.43. The first-order valence-corrected chi connectivity index (χ1v) is 5.58. The molecule has 1 aromatic rings. The SMILES string of the molecule is CCc1ccc(CC(C)(C)CC(=O)O)nc1. The van der Waals surface area contributed by atoms with Crippen molar-refractivity contribution < 1.29 is 9.90 Å². The molecule has 0 aliphatic carbocycles. The molecular weight excluding hydrogens is 202 g/mol. The van der Waals surface area contributed by atoms with Gasteiger partial charge in [0.15, 0.2) is 0 Å². The second-order valence-electron chi connectivity index (χ2n) is 4.92. The highest BCUT2D eigenvalue weighted by Crippen LogP contribution is 2.25. The zero-order valence-corrected chi connectivity index (χ0v) is 10.2. The third-order valence-electron chi connectivity index (χ3n) is 2.58. The Kier molecular flexibility index (Phi) is 4.05. The number of aliphatic carboxylic acids is 1. The number of carboxylic acids is 1. The van der Waals surface area contributed by atoms with Gasteiger partial charge in [0.25, 0.3) is 0 Å². The Morgan fingerprint density at radius 2 is 2.12 bits per heavy atom. The van der Waals surface area contributed by atoms with E-state index in [1.165, 1.54) is 5.56 Å². The van der Waals surface area contributed by atoms with E-state index in [4.69, 9.17) is 5.11 Å². The number of aryl methyl sites for hydroxylation is 1. The minimum atomic E-state index is -0.754. The molecule has 0 radical (unpaired) electrons. The van der Waals surface area contributed by atoms with E-state index < -0.39 is 5.97 Å². The molecule has 0 saturated carbocycles. The van der Waals surface area contributed by atoms with Crippen LogP contribution in [0.15, 0.2) is 18.3 Å². The fourth-order valence-corrected chi connectivity index (χ4v) is 1.73. The summed E-state index contributed by atoms with van der Waals surface area (Å²) in [6.07, 6.45) is 3.71. The molecule has 0 unspecified atom stereocenters. The van der Waals surface area contributed by atoms with Crippen LogP contribution in [0.4, 0.5) is 0 Å². The molecule has 3 heteroatoms. The van der Waals surface area contributed by atoms with E-state index in [0.717, 1.165) is 12.1 Å². The van der Waals surface area contributed by atoms with Crippen molar-refractivity contribution in [2.24, 2.45) is 5.41 Å². The van der Waals surface area contributed by atoms with E-state index in [1.807, 2.05) is 26.1 Å². The van der Waals surface area contributed by atoms with Crippen LogP contribution in [0.3, 0.4) is 0 Å². The molecule has 0 aliphatic heterocycles. The van der Waals surface area contributed by atoms with E-state index in [2.05, 4.69) is 18.0 Å². The van der Waals surface area contributed by atoms with Gasteiger partial charge in [-0.1, -0.05) is 26.8 Å². The van der Waals surface area contributed by atoms with Crippen LogP contribution in [0, 0.1) is 5.41 Å². The Balaban J connectivity index is 2.68. The molecule has 3 nitrogen and oxygen atoms in total. The van der Waals surface area contributed by atoms with Crippen LogP contribution < -0.4 is 0 Å². The van der Waals surface area contributed by atoms with Crippen molar-refractivity contribution >= 4 is 5.97 Å². The normalized spacial score (nSPS) is 11.4. The molecular formula is C13H19NO2. The molecule has 0 amide bonds. The largest absolute Gasteiger partial charge is 0.481 e. The number of hydrogen-bond acceptors (Lipinski definition) is 2. The van der Waals surface area contributed by atoms with Crippen molar-refractivity contribution in [2.75, 3.05) is 0 Å². The lowest BCUT2D eigenvalue weighted by molar-refractivity contribution is -0.139. The maximum Gasteiger partial charge on any atom is 0.303 e. The van der Waals surface area contributed by atoms with Crippen molar-refractivity contribution in [3.63, 3.8) is 0 Å². The van der Waals surface area contributed by atoms with Crippen LogP contribution in [0.5, 0.6) is 0 Å². The number of carbonyl (C=O) groups is 1. The summed E-state index contributed by atoms with van der Waals surface area (Å²) < 4.78 is 0. The summed E-state index contributed by atoms with van der Waals surface area (Å²) in [5.74, 6) is -0.754. The maximum atomic E-state index is 10.7. The van der Waals surface area contributed by atoms with Crippen molar-refractivity contribution in [1.29, 1.82) is 0 Å². The van der Waals surface area contributed by atoms with Gasteiger partial charge in [-0.2, -0.15) is 0 Å². The van der Waals surface area contributed by atoms with Crippen LogP contribution >= 0.6 is 0 Å². The number of rotatable bonds is 5. The molecule has 1 heterocycles. The Morgan fingerprint density at radius 1 is 1.44 bits per heavy atom. The smallest absolute Gasteiger partial charge is 0.303 e. The highest BCUT2D eigenvalue weighted by atomic mass is 16.4. The average molecular weight is 221 g/mol. The molecule has 0 aliphatic rings. The summed E-state index contributed by atoms with van der Waals surface area (Å²) in [5, 5.41) is 8.79. The predicted octanol–water partition coefficient (Wildman–Crippen LogP) is 2.69. The molecule has 88 valence electrons. The summed E-state index contributed by atoms with van der Waals surface area (Å²) in [7, 11) is 0. The van der Waals surface area contributed by atoms with Gasteiger partial charge in [-0.3, -0.25) is 9.78 Å². The molecule has 1 N–H and O–H groups in total. The number of aromatic nitrogens is 1. The molecule has 0 atom stereocenters. The van der Waals surface area contributed by atoms with Gasteiger partial charge in [-0.05, 0) is 29.9 Å². The van der Waals surface area contributed by atoms with Crippen LogP contribution in [0.1, 0.15) is 38.4 Å². The molecule has 0 fully saturated rings. The van der Waals surface area contributed by atoms with E-state index in [0.29, 0.717) is 6.42 Å². The third-order valence-corrected chi connectivity index (χ3v) is 2.58. The van der Waals surface area contributed by atoms with Crippen molar-refractivity contribution in [3.8, 4) is 0 Å². The first kappa shape index (κ1) is 12.7. The van der Waals surface area contributed by atoms with E-state index in [9.17, 15) is 4.79 Å². The average Bonchev–Trinajstić information content (AvgIpc) is 2.16. The summed E-state index contributed by atoms with van der Waals surface area (Å²) in [4.78, 5) is 15.0. The van der Waals surface area contributed by atoms with Gasteiger partial charge in [0.1, 0.15) is 0 Å². The van der Waals surface area contributed by atoms with Gasteiger partial charge in [0.2, 0.25) is 0 Å². The molecule has 0 saturated heterocycles. The number of carboxylic acid groups (broad SMARTS) is 1. The third kappa shape index (κ3) is 4.01. The van der Waals surface area contributed by atoms with Crippen LogP contribution in [-0.2, 0) is 17.6 Å². The second kappa shape index (κ2) is 5.10. The summed E-state index contributed by atoms with van der Waals surface area (Å²) in [5.41, 5.74) is 1.93. The minimum absolute atomic E-state index is 0.171. The molecule has 16 heavy (non-hydrogen) atoms. The molecule has 0 aromatic carbocycles. The lowest BCUT2D eigenvalue weighted by atomic mass is 9.84. The van der Waals surface area contributed by atoms with Gasteiger partial charge >= 0.3 is 5.97 Å². The minimum Gasteiger partial charge on any atom is -0.481 e. The van der Waals surface area contributed by atoms with Crippen LogP contribution in [0.2, 0.25) is 0 Å². The zero-order chi connectivity index (χ0) is 12.2. The Morgan fingerprint density at radius 3 is 2.56 bits per heavy atom. The Labute approximate surface area is 96.5 Å². The van der Waals surface area contributed by atoms with Crippen LogP contribution in [-0.4, -0.2) is 16.1 Å². The van der Waals surface area contributed by atoms with E-state index in [-0.39, 0.29) is 11.8 Å². The Bertz CT molecular complexity index is 355. The standard InChI is InChI=1S/C13H19NO2/c1-4-10-5-6-11(14-9-10)7-13(2,3)8-12(15)16/h5-6,9H,4,7-8H2,1-3H3,(H,15,16). The lowest BCUT2D eigenvalue weighted by Crippen LogP contribution is -2.20. The van der Waals surface area contributed by atoms with E-state index >= 15 is 0 Å². The monoisotopic (exact) mass is 221 g/mol. The number of nitrogens with zero attached hydrogens (tertiary/aromatic N) is 1. The summed E-state index contributed by atoms with van der Waals surface area (Å²) in [6.45, 7) is 6.00. The lowest BCUT2D eigenvalue weighted by Gasteiger charge is -2.21. The highest BCUT2D eigenvalue weighted by Gasteiger charge is 2.22. The van der Waals surface area contributed by atoms with Gasteiger partial charge in [0, 0.05) is 11.9 Å². The van der Waals surface area contributed by atoms with Gasteiger partial charge in [0.05, 0.1) is 6.42 Å². The van der Waals surface area contributed by atoms with Crippen LogP contribution in [0.25, 0.3) is 0 Å².